The summed E-state index contributed by atoms with van der Waals surface area (Å²) in [7, 11) is 1.70. The topological polar surface area (TPSA) is 91.6 Å². The van der Waals surface area contributed by atoms with Gasteiger partial charge in [-0.05, 0) is 57.1 Å². The van der Waals surface area contributed by atoms with Crippen LogP contribution in [0.2, 0.25) is 0 Å². The first-order valence-corrected chi connectivity index (χ1v) is 11.4. The Morgan fingerprint density at radius 3 is 2.61 bits per heavy atom. The van der Waals surface area contributed by atoms with Gasteiger partial charge in [0.1, 0.15) is 11.7 Å². The molecule has 0 aliphatic carbocycles. The van der Waals surface area contributed by atoms with Crippen molar-refractivity contribution in [2.45, 2.75) is 32.2 Å². The van der Waals surface area contributed by atoms with E-state index in [0.717, 1.165) is 5.71 Å². The third-order valence-electron chi connectivity index (χ3n) is 6.76. The van der Waals surface area contributed by atoms with E-state index in [0.29, 0.717) is 57.0 Å². The number of halogens is 1. The molecular formula is C24H29FN4O4. The van der Waals surface area contributed by atoms with Crippen molar-refractivity contribution in [3.8, 4) is 0 Å². The van der Waals surface area contributed by atoms with Crippen LogP contribution < -0.4 is 0 Å². The van der Waals surface area contributed by atoms with Gasteiger partial charge in [-0.25, -0.2) is 9.38 Å². The van der Waals surface area contributed by atoms with Crippen molar-refractivity contribution in [2.75, 3.05) is 39.9 Å². The summed E-state index contributed by atoms with van der Waals surface area (Å²) >= 11 is 0. The highest BCUT2D eigenvalue weighted by atomic mass is 19.1. The Kier molecular flexibility index (Phi) is 7.09. The second-order valence-corrected chi connectivity index (χ2v) is 8.89. The van der Waals surface area contributed by atoms with Crippen LogP contribution in [0.25, 0.3) is 0 Å². The molecule has 0 aromatic heterocycles. The fourth-order valence-electron chi connectivity index (χ4n) is 4.44. The number of likely N-dealkylation sites (N-methyl/N-ethyl adjacent to an activating group) is 1. The molecule has 0 saturated carbocycles. The smallest absolute Gasteiger partial charge is 0.258 e. The second-order valence-electron chi connectivity index (χ2n) is 8.89. The second kappa shape index (κ2) is 10.0. The third-order valence-corrected chi connectivity index (χ3v) is 6.76. The van der Waals surface area contributed by atoms with Crippen LogP contribution in [0, 0.1) is 17.7 Å². The molecular weight excluding hydrogens is 427 g/mol. The number of ketones is 1. The monoisotopic (exact) mass is 456 g/mol. The average molecular weight is 457 g/mol. The molecule has 2 fully saturated rings. The van der Waals surface area contributed by atoms with Crippen LogP contribution in [0.5, 0.6) is 0 Å². The molecule has 2 saturated heterocycles. The SMILES string of the molecule is CC(C1=NC(=O)C2COCCC2=N1)N(C)C(=O)CN1CCC(C(=O)c2ccc(F)cc2)CC1. The number of nitrogens with zero attached hydrogens (tertiary/aromatic N) is 4. The number of rotatable bonds is 6. The van der Waals surface area contributed by atoms with Gasteiger partial charge in [0.15, 0.2) is 11.6 Å². The minimum absolute atomic E-state index is 0.0252. The van der Waals surface area contributed by atoms with Crippen LogP contribution in [0.15, 0.2) is 34.3 Å². The molecule has 2 amide bonds. The molecule has 0 bridgehead atoms. The summed E-state index contributed by atoms with van der Waals surface area (Å²) in [6.45, 7) is 4.17. The molecule has 1 aromatic rings. The predicted octanol–water partition coefficient (Wildman–Crippen LogP) is 1.98. The summed E-state index contributed by atoms with van der Waals surface area (Å²) in [4.78, 5) is 50.2. The van der Waals surface area contributed by atoms with Crippen LogP contribution in [-0.2, 0) is 14.3 Å². The molecule has 3 heterocycles. The molecule has 8 nitrogen and oxygen atoms in total. The molecule has 176 valence electrons. The molecule has 9 heteroatoms. The van der Waals surface area contributed by atoms with Crippen molar-refractivity contribution in [1.29, 1.82) is 0 Å². The molecule has 2 atom stereocenters. The Hall–Kier alpha value is -2.78. The number of fused-ring (bicyclic) bond motifs is 1. The summed E-state index contributed by atoms with van der Waals surface area (Å²) in [5.41, 5.74) is 1.31. The Morgan fingerprint density at radius 1 is 1.21 bits per heavy atom. The standard InChI is InChI=1S/C24H29FN4O4/c1-15(23-26-20-9-12-33-14-19(20)24(32)27-23)28(2)21(30)13-29-10-7-17(8-11-29)22(31)16-3-5-18(25)6-4-16/h3-6,15,17,19H,7-14H2,1-2H3. The molecule has 3 aliphatic heterocycles. The average Bonchev–Trinajstić information content (AvgIpc) is 2.83. The maximum absolute atomic E-state index is 13.1. The third kappa shape index (κ3) is 5.25. The van der Waals surface area contributed by atoms with Crippen LogP contribution >= 0.6 is 0 Å². The first-order valence-electron chi connectivity index (χ1n) is 11.4. The predicted molar refractivity (Wildman–Crippen MR) is 121 cm³/mol. The van der Waals surface area contributed by atoms with Gasteiger partial charge in [-0.1, -0.05) is 0 Å². The number of piperidine rings is 1. The van der Waals surface area contributed by atoms with Gasteiger partial charge in [0.2, 0.25) is 5.91 Å². The number of likely N-dealkylation sites (tertiary alicyclic amines) is 1. The number of Topliss-reactive ketones (excluding diaryl/α,β-unsaturated/α-hetero) is 1. The molecule has 3 aliphatic rings. The lowest BCUT2D eigenvalue weighted by atomic mass is 9.89. The number of benzene rings is 1. The van der Waals surface area contributed by atoms with E-state index in [1.54, 1.807) is 11.9 Å². The Balaban J connectivity index is 1.30. The molecule has 4 rings (SSSR count). The molecule has 0 radical (unpaired) electrons. The van der Waals surface area contributed by atoms with E-state index >= 15 is 0 Å². The number of hydrogen-bond donors (Lipinski definition) is 0. The lowest BCUT2D eigenvalue weighted by Crippen LogP contribution is -2.48. The summed E-state index contributed by atoms with van der Waals surface area (Å²) < 4.78 is 18.5. The van der Waals surface area contributed by atoms with Gasteiger partial charge in [-0.2, -0.15) is 4.99 Å². The van der Waals surface area contributed by atoms with Gasteiger partial charge in [-0.15, -0.1) is 0 Å². The fourth-order valence-corrected chi connectivity index (χ4v) is 4.44. The van der Waals surface area contributed by atoms with Crippen molar-refractivity contribution in [3.05, 3.63) is 35.6 Å². The molecule has 0 spiro atoms. The summed E-state index contributed by atoms with van der Waals surface area (Å²) in [6, 6.07) is 5.23. The normalized spacial score (nSPS) is 22.8. The van der Waals surface area contributed by atoms with Gasteiger partial charge < -0.3 is 9.64 Å². The summed E-state index contributed by atoms with van der Waals surface area (Å²) in [6.07, 6.45) is 1.91. The van der Waals surface area contributed by atoms with E-state index < -0.39 is 12.0 Å². The van der Waals surface area contributed by atoms with Crippen molar-refractivity contribution in [2.24, 2.45) is 21.8 Å². The van der Waals surface area contributed by atoms with Crippen LogP contribution in [0.3, 0.4) is 0 Å². The van der Waals surface area contributed by atoms with E-state index in [4.69, 9.17) is 4.74 Å². The molecule has 33 heavy (non-hydrogen) atoms. The van der Waals surface area contributed by atoms with Crippen LogP contribution in [0.4, 0.5) is 4.39 Å². The number of carbonyl (C=O) groups excluding carboxylic acids is 3. The number of aliphatic imine (C=N–C) groups is 2. The van der Waals surface area contributed by atoms with E-state index in [9.17, 15) is 18.8 Å². The van der Waals surface area contributed by atoms with Gasteiger partial charge in [0.05, 0.1) is 25.8 Å². The zero-order valence-corrected chi connectivity index (χ0v) is 19.0. The highest BCUT2D eigenvalue weighted by Crippen LogP contribution is 2.23. The lowest BCUT2D eigenvalue weighted by molar-refractivity contribution is -0.132. The van der Waals surface area contributed by atoms with Crippen molar-refractivity contribution in [1.82, 2.24) is 9.80 Å². The number of ether oxygens (including phenoxy) is 1. The van der Waals surface area contributed by atoms with Crippen molar-refractivity contribution >= 4 is 29.1 Å². The highest BCUT2D eigenvalue weighted by Gasteiger charge is 2.34. The lowest BCUT2D eigenvalue weighted by Gasteiger charge is -2.33. The first-order chi connectivity index (χ1) is 15.8. The zero-order valence-electron chi connectivity index (χ0n) is 19.0. The largest absolute Gasteiger partial charge is 0.380 e. The number of amides is 2. The summed E-state index contributed by atoms with van der Waals surface area (Å²) in [5.74, 6) is -0.824. The molecule has 0 N–H and O–H groups in total. The number of amidine groups is 1. The van der Waals surface area contributed by atoms with Crippen molar-refractivity contribution < 1.29 is 23.5 Å². The minimum atomic E-state index is -0.421. The highest BCUT2D eigenvalue weighted by molar-refractivity contribution is 6.17. The van der Waals surface area contributed by atoms with Gasteiger partial charge in [-0.3, -0.25) is 19.3 Å². The first kappa shape index (κ1) is 23.4. The number of carbonyl (C=O) groups is 3. The Labute approximate surface area is 192 Å². The number of hydrogen-bond acceptors (Lipinski definition) is 6. The van der Waals surface area contributed by atoms with Gasteiger partial charge >= 0.3 is 0 Å². The molecule has 1 aromatic carbocycles. The van der Waals surface area contributed by atoms with E-state index in [1.165, 1.54) is 24.3 Å². The van der Waals surface area contributed by atoms with E-state index in [-0.39, 0.29) is 35.9 Å². The Bertz CT molecular complexity index is 983. The minimum Gasteiger partial charge on any atom is -0.380 e. The Morgan fingerprint density at radius 2 is 1.91 bits per heavy atom. The van der Waals surface area contributed by atoms with Crippen molar-refractivity contribution in [3.63, 3.8) is 0 Å². The molecule has 2 unspecified atom stereocenters. The van der Waals surface area contributed by atoms with E-state index in [1.807, 2.05) is 11.8 Å². The quantitative estimate of drug-likeness (QED) is 0.611. The van der Waals surface area contributed by atoms with E-state index in [2.05, 4.69) is 9.98 Å². The van der Waals surface area contributed by atoms with Gasteiger partial charge in [0, 0.05) is 30.7 Å². The zero-order chi connectivity index (χ0) is 23.5. The van der Waals surface area contributed by atoms with Crippen LogP contribution in [-0.4, -0.2) is 84.9 Å². The van der Waals surface area contributed by atoms with Gasteiger partial charge in [0.25, 0.3) is 5.91 Å². The maximum Gasteiger partial charge on any atom is 0.258 e. The van der Waals surface area contributed by atoms with Crippen LogP contribution in [0.1, 0.15) is 36.5 Å². The maximum atomic E-state index is 13.1. The summed E-state index contributed by atoms with van der Waals surface area (Å²) in [5, 5.41) is 0. The fraction of sp³-hybridized carbons (Fsp3) is 0.542.